The van der Waals surface area contributed by atoms with Gasteiger partial charge in [0, 0.05) is 16.8 Å². The smallest absolute Gasteiger partial charge is 0.248 e. The van der Waals surface area contributed by atoms with Gasteiger partial charge in [-0.15, -0.1) is 0 Å². The van der Waals surface area contributed by atoms with E-state index >= 15 is 0 Å². The van der Waals surface area contributed by atoms with Crippen LogP contribution in [0.3, 0.4) is 0 Å². The van der Waals surface area contributed by atoms with Gasteiger partial charge in [0.1, 0.15) is 6.04 Å². The van der Waals surface area contributed by atoms with Crippen molar-refractivity contribution >= 4 is 38.9 Å². The predicted molar refractivity (Wildman–Crippen MR) is 109 cm³/mol. The van der Waals surface area contributed by atoms with Crippen LogP contribution in [-0.2, 0) is 14.8 Å². The maximum absolute atomic E-state index is 12.9. The molecule has 28 heavy (non-hydrogen) atoms. The lowest BCUT2D eigenvalue weighted by molar-refractivity contribution is -0.117. The first kappa shape index (κ1) is 20.3. The Morgan fingerprint density at radius 2 is 1.93 bits per heavy atom. The van der Waals surface area contributed by atoms with Crippen LogP contribution in [0.4, 0.5) is 11.4 Å². The molecule has 0 radical (unpaired) electrons. The first-order valence-electron chi connectivity index (χ1n) is 8.66. The summed E-state index contributed by atoms with van der Waals surface area (Å²) in [5.74, 6) is 0.664. The van der Waals surface area contributed by atoms with Crippen molar-refractivity contribution in [2.45, 2.75) is 26.3 Å². The minimum atomic E-state index is -3.74. The maximum Gasteiger partial charge on any atom is 0.248 e. The third kappa shape index (κ3) is 4.18. The molecule has 9 heteroatoms. The van der Waals surface area contributed by atoms with E-state index in [1.54, 1.807) is 43.3 Å². The van der Waals surface area contributed by atoms with E-state index in [0.29, 0.717) is 27.9 Å². The molecule has 1 aliphatic heterocycles. The molecule has 2 aromatic carbocycles. The minimum absolute atomic E-state index is 0.125. The summed E-state index contributed by atoms with van der Waals surface area (Å²) in [6, 6.07) is 8.96. The highest BCUT2D eigenvalue weighted by molar-refractivity contribution is 7.92. The number of fused-ring (bicyclic) bond motifs is 1. The topological polar surface area (TPSA) is 84.9 Å². The number of rotatable bonds is 6. The molecular weight excluding hydrogens is 404 g/mol. The Morgan fingerprint density at radius 3 is 2.57 bits per heavy atom. The van der Waals surface area contributed by atoms with E-state index in [9.17, 15) is 13.2 Å². The molecule has 0 unspecified atom stereocenters. The van der Waals surface area contributed by atoms with Crippen LogP contribution in [0.15, 0.2) is 36.4 Å². The lowest BCUT2D eigenvalue weighted by Crippen LogP contribution is -2.47. The number of ether oxygens (including phenoxy) is 2. The number of hydrogen-bond acceptors (Lipinski definition) is 5. The van der Waals surface area contributed by atoms with Crippen molar-refractivity contribution in [1.29, 1.82) is 0 Å². The van der Waals surface area contributed by atoms with Gasteiger partial charge >= 0.3 is 0 Å². The monoisotopic (exact) mass is 424 g/mol. The van der Waals surface area contributed by atoms with Crippen molar-refractivity contribution in [3.05, 3.63) is 47.0 Å². The Balaban J connectivity index is 1.91. The zero-order chi connectivity index (χ0) is 20.5. The highest BCUT2D eigenvalue weighted by Crippen LogP contribution is 2.34. The number of anilines is 2. The number of sulfonamides is 1. The average molecular weight is 425 g/mol. The molecule has 0 bridgehead atoms. The number of hydrogen-bond donors (Lipinski definition) is 1. The van der Waals surface area contributed by atoms with Gasteiger partial charge < -0.3 is 14.8 Å². The summed E-state index contributed by atoms with van der Waals surface area (Å²) in [6.07, 6.45) is 1.34. The van der Waals surface area contributed by atoms with Crippen molar-refractivity contribution < 1.29 is 22.7 Å². The molecule has 1 aliphatic rings. The lowest BCUT2D eigenvalue weighted by Gasteiger charge is -2.30. The number of nitrogens with zero attached hydrogens (tertiary/aromatic N) is 1. The van der Waals surface area contributed by atoms with Crippen molar-refractivity contribution in [2.75, 3.05) is 22.7 Å². The van der Waals surface area contributed by atoms with Crippen LogP contribution < -0.4 is 19.1 Å². The van der Waals surface area contributed by atoms with E-state index in [-0.39, 0.29) is 13.2 Å². The van der Waals surface area contributed by atoms with Crippen LogP contribution in [-0.4, -0.2) is 33.4 Å². The van der Waals surface area contributed by atoms with Crippen molar-refractivity contribution in [3.63, 3.8) is 0 Å². The highest BCUT2D eigenvalue weighted by atomic mass is 35.5. The van der Waals surface area contributed by atoms with Crippen LogP contribution in [0.1, 0.15) is 18.9 Å². The second kappa shape index (κ2) is 7.89. The quantitative estimate of drug-likeness (QED) is 0.766. The van der Waals surface area contributed by atoms with Gasteiger partial charge in [-0.3, -0.25) is 9.10 Å². The van der Waals surface area contributed by atoms with E-state index in [0.717, 1.165) is 16.1 Å². The average Bonchev–Trinajstić information content (AvgIpc) is 3.08. The van der Waals surface area contributed by atoms with Crippen molar-refractivity contribution in [2.24, 2.45) is 0 Å². The Bertz CT molecular complexity index is 1010. The molecule has 0 aliphatic carbocycles. The molecule has 0 aromatic heterocycles. The molecule has 7 nitrogen and oxygen atoms in total. The van der Waals surface area contributed by atoms with Crippen molar-refractivity contribution in [3.8, 4) is 11.5 Å². The Morgan fingerprint density at radius 1 is 1.21 bits per heavy atom. The van der Waals surface area contributed by atoms with E-state index in [1.165, 1.54) is 0 Å². The van der Waals surface area contributed by atoms with Gasteiger partial charge in [0.05, 0.1) is 11.9 Å². The van der Waals surface area contributed by atoms with Crippen molar-refractivity contribution in [1.82, 2.24) is 0 Å². The molecule has 1 amide bonds. The summed E-state index contributed by atoms with van der Waals surface area (Å²) in [7, 11) is -3.74. The molecule has 0 fully saturated rings. The fourth-order valence-corrected chi connectivity index (χ4v) is 4.36. The standard InChI is InChI=1S/C19H21ClN2O5S/c1-4-16(19(23)21-13-6-8-17-18(9-13)27-11-26-17)22(28(3,24)25)14-7-5-12(2)15(20)10-14/h5-10,16H,4,11H2,1-3H3,(H,21,23)/t16-/m0/s1. The summed E-state index contributed by atoms with van der Waals surface area (Å²) in [6.45, 7) is 3.69. The number of carbonyl (C=O) groups is 1. The molecule has 150 valence electrons. The van der Waals surface area contributed by atoms with Gasteiger partial charge in [0.15, 0.2) is 11.5 Å². The molecule has 0 saturated heterocycles. The Labute approximate surface area is 169 Å². The first-order valence-corrected chi connectivity index (χ1v) is 10.9. The van der Waals surface area contributed by atoms with Gasteiger partial charge in [-0.05, 0) is 43.2 Å². The van der Waals surface area contributed by atoms with Gasteiger partial charge in [-0.25, -0.2) is 8.42 Å². The van der Waals surface area contributed by atoms with Crippen LogP contribution >= 0.6 is 11.6 Å². The van der Waals surface area contributed by atoms with E-state index in [4.69, 9.17) is 21.1 Å². The third-order valence-corrected chi connectivity index (χ3v) is 5.97. The minimum Gasteiger partial charge on any atom is -0.454 e. The fraction of sp³-hybridized carbons (Fsp3) is 0.316. The second-order valence-corrected chi connectivity index (χ2v) is 8.74. The van der Waals surface area contributed by atoms with Gasteiger partial charge in [-0.1, -0.05) is 24.6 Å². The predicted octanol–water partition coefficient (Wildman–Crippen LogP) is 3.56. The number of aryl methyl sites for hydroxylation is 1. The van der Waals surface area contributed by atoms with Crippen LogP contribution in [0.2, 0.25) is 5.02 Å². The number of benzene rings is 2. The SMILES string of the molecule is CC[C@@H](C(=O)Nc1ccc2c(c1)OCO2)N(c1ccc(C)c(Cl)c1)S(C)(=O)=O. The fourth-order valence-electron chi connectivity index (χ4n) is 2.98. The van der Waals surface area contributed by atoms with E-state index in [2.05, 4.69) is 5.32 Å². The summed E-state index contributed by atoms with van der Waals surface area (Å²) in [5, 5.41) is 3.19. The van der Waals surface area contributed by atoms with Crippen LogP contribution in [0.25, 0.3) is 0 Å². The van der Waals surface area contributed by atoms with Crippen LogP contribution in [0, 0.1) is 6.92 Å². The second-order valence-electron chi connectivity index (χ2n) is 6.47. The first-order chi connectivity index (χ1) is 13.2. The highest BCUT2D eigenvalue weighted by Gasteiger charge is 2.32. The van der Waals surface area contributed by atoms with Gasteiger partial charge in [0.25, 0.3) is 0 Å². The Hall–Kier alpha value is -2.45. The summed E-state index contributed by atoms with van der Waals surface area (Å²) >= 11 is 6.17. The summed E-state index contributed by atoms with van der Waals surface area (Å²) in [4.78, 5) is 12.9. The lowest BCUT2D eigenvalue weighted by atomic mass is 10.1. The summed E-state index contributed by atoms with van der Waals surface area (Å²) in [5.41, 5.74) is 1.64. The molecule has 1 N–H and O–H groups in total. The molecule has 3 rings (SSSR count). The molecule has 1 heterocycles. The van der Waals surface area contributed by atoms with Gasteiger partial charge in [0.2, 0.25) is 22.7 Å². The maximum atomic E-state index is 12.9. The van der Waals surface area contributed by atoms with E-state index < -0.39 is 22.0 Å². The number of carbonyl (C=O) groups excluding carboxylic acids is 1. The summed E-state index contributed by atoms with van der Waals surface area (Å²) < 4.78 is 36.7. The van der Waals surface area contributed by atoms with Crippen LogP contribution in [0.5, 0.6) is 11.5 Å². The van der Waals surface area contributed by atoms with E-state index in [1.807, 2.05) is 6.92 Å². The molecule has 0 spiro atoms. The third-order valence-electron chi connectivity index (χ3n) is 4.38. The molecule has 0 saturated carbocycles. The molecule has 2 aromatic rings. The largest absolute Gasteiger partial charge is 0.454 e. The molecular formula is C19H21ClN2O5S. The zero-order valence-electron chi connectivity index (χ0n) is 15.7. The normalized spacial score (nSPS) is 13.9. The zero-order valence-corrected chi connectivity index (χ0v) is 17.3. The number of amides is 1. The number of nitrogens with one attached hydrogen (secondary N) is 1. The van der Waals surface area contributed by atoms with Gasteiger partial charge in [-0.2, -0.15) is 0 Å². The Kier molecular flexibility index (Phi) is 5.71. The molecule has 1 atom stereocenters. The number of halogens is 1.